The first-order valence-electron chi connectivity index (χ1n) is 3.94. The van der Waals surface area contributed by atoms with E-state index in [9.17, 15) is 13.4 Å². The molecule has 0 aromatic heterocycles. The van der Waals surface area contributed by atoms with Gasteiger partial charge in [0, 0.05) is 9.92 Å². The van der Waals surface area contributed by atoms with Crippen LogP contribution in [-0.4, -0.2) is 22.8 Å². The maximum atomic E-state index is 13.2. The number of rotatable bonds is 3. The molecule has 0 saturated carbocycles. The fourth-order valence-corrected chi connectivity index (χ4v) is 1.91. The number of methoxy groups -OCH3 is 1. The van der Waals surface area contributed by atoms with E-state index in [1.165, 1.54) is 24.3 Å². The predicted octanol–water partition coefficient (Wildman–Crippen LogP) is 1.92. The lowest BCUT2D eigenvalue weighted by molar-refractivity contribution is -0.143. The predicted molar refractivity (Wildman–Crippen MR) is 54.8 cm³/mol. The van der Waals surface area contributed by atoms with Crippen LogP contribution in [0.1, 0.15) is 0 Å². The van der Waals surface area contributed by atoms with Crippen LogP contribution >= 0.6 is 11.6 Å². The Bertz CT molecular complexity index is 379. The first kappa shape index (κ1) is 12.1. The third kappa shape index (κ3) is 3.00. The van der Waals surface area contributed by atoms with Gasteiger partial charge in [0.25, 0.3) is 5.50 Å². The number of hydrogen-bond donors (Lipinski definition) is 0. The zero-order valence-corrected chi connectivity index (χ0v) is 9.35. The van der Waals surface area contributed by atoms with Crippen molar-refractivity contribution in [1.29, 1.82) is 0 Å². The van der Waals surface area contributed by atoms with E-state index in [1.807, 2.05) is 0 Å². The van der Waals surface area contributed by atoms with Crippen molar-refractivity contribution in [2.75, 3.05) is 7.11 Å². The van der Waals surface area contributed by atoms with E-state index >= 15 is 0 Å². The van der Waals surface area contributed by atoms with E-state index in [0.717, 1.165) is 7.11 Å². The summed E-state index contributed by atoms with van der Waals surface area (Å²) in [6.45, 7) is 0. The Morgan fingerprint density at radius 2 is 2.00 bits per heavy atom. The van der Waals surface area contributed by atoms with Crippen LogP contribution in [0.5, 0.6) is 0 Å². The summed E-state index contributed by atoms with van der Waals surface area (Å²) < 4.78 is 28.8. The molecule has 0 fully saturated rings. The second kappa shape index (κ2) is 5.23. The summed E-state index contributed by atoms with van der Waals surface area (Å²) in [5, 5.41) is 0.448. The minimum atomic E-state index is -2.17. The molecule has 82 valence electrons. The maximum absolute atomic E-state index is 13.2. The van der Waals surface area contributed by atoms with Gasteiger partial charge in [-0.2, -0.15) is 0 Å². The Morgan fingerprint density at radius 1 is 1.47 bits per heavy atom. The van der Waals surface area contributed by atoms with Gasteiger partial charge in [-0.3, -0.25) is 4.21 Å². The molecule has 15 heavy (non-hydrogen) atoms. The van der Waals surface area contributed by atoms with E-state index in [-0.39, 0.29) is 4.90 Å². The van der Waals surface area contributed by atoms with Crippen LogP contribution in [0, 0.1) is 0 Å². The molecule has 3 nitrogen and oxygen atoms in total. The average Bonchev–Trinajstić information content (AvgIpc) is 2.27. The molecule has 0 heterocycles. The molecule has 2 unspecified atom stereocenters. The molecule has 1 rings (SSSR count). The van der Waals surface area contributed by atoms with Crippen molar-refractivity contribution >= 4 is 28.4 Å². The maximum Gasteiger partial charge on any atom is 0.354 e. The number of alkyl halides is 1. The normalized spacial score (nSPS) is 14.3. The molecule has 0 aliphatic rings. The molecule has 1 aromatic carbocycles. The minimum Gasteiger partial charge on any atom is -0.466 e. The summed E-state index contributed by atoms with van der Waals surface area (Å²) >= 11 is 5.60. The number of carbonyl (C=O) groups excluding carboxylic acids is 1. The number of hydrogen-bond acceptors (Lipinski definition) is 3. The highest BCUT2D eigenvalue weighted by molar-refractivity contribution is 7.86. The summed E-state index contributed by atoms with van der Waals surface area (Å²) in [4.78, 5) is 11.0. The van der Waals surface area contributed by atoms with Crippen LogP contribution < -0.4 is 0 Å². The average molecular weight is 251 g/mol. The minimum absolute atomic E-state index is 0.192. The highest BCUT2D eigenvalue weighted by atomic mass is 35.5. The molecule has 6 heteroatoms. The van der Waals surface area contributed by atoms with Crippen molar-refractivity contribution in [1.82, 2.24) is 0 Å². The Balaban J connectivity index is 2.85. The molecule has 0 bridgehead atoms. The summed E-state index contributed by atoms with van der Waals surface area (Å²) in [6.07, 6.45) is 0. The Morgan fingerprint density at radius 3 is 2.47 bits per heavy atom. The van der Waals surface area contributed by atoms with Crippen LogP contribution in [0.3, 0.4) is 0 Å². The second-order valence-corrected chi connectivity index (χ2v) is 4.51. The molecule has 0 spiro atoms. The Labute approximate surface area is 93.6 Å². The van der Waals surface area contributed by atoms with Gasteiger partial charge in [-0.1, -0.05) is 11.6 Å². The van der Waals surface area contributed by atoms with Crippen LogP contribution in [0.15, 0.2) is 29.2 Å². The van der Waals surface area contributed by atoms with E-state index in [4.69, 9.17) is 11.6 Å². The van der Waals surface area contributed by atoms with Crippen LogP contribution in [0.4, 0.5) is 4.39 Å². The molecular formula is C9H8ClFO3S. The molecule has 0 aliphatic carbocycles. The lowest BCUT2D eigenvalue weighted by Gasteiger charge is -2.05. The van der Waals surface area contributed by atoms with Gasteiger partial charge in [0.2, 0.25) is 0 Å². The fourth-order valence-electron chi connectivity index (χ4n) is 0.868. The van der Waals surface area contributed by atoms with Crippen molar-refractivity contribution in [3.8, 4) is 0 Å². The van der Waals surface area contributed by atoms with Crippen molar-refractivity contribution in [3.63, 3.8) is 0 Å². The van der Waals surface area contributed by atoms with Crippen LogP contribution in [0.25, 0.3) is 0 Å². The third-order valence-electron chi connectivity index (χ3n) is 1.62. The lowest BCUT2D eigenvalue weighted by Crippen LogP contribution is -2.22. The first-order valence-corrected chi connectivity index (χ1v) is 5.53. The molecule has 0 radical (unpaired) electrons. The van der Waals surface area contributed by atoms with Gasteiger partial charge in [-0.15, -0.1) is 0 Å². The molecular weight excluding hydrogens is 243 g/mol. The lowest BCUT2D eigenvalue weighted by atomic mass is 10.4. The molecule has 0 N–H and O–H groups in total. The van der Waals surface area contributed by atoms with Gasteiger partial charge in [0.15, 0.2) is 0 Å². The summed E-state index contributed by atoms with van der Waals surface area (Å²) in [7, 11) is -1.03. The van der Waals surface area contributed by atoms with Crippen molar-refractivity contribution < 1.29 is 18.1 Å². The Kier molecular flexibility index (Phi) is 4.23. The summed E-state index contributed by atoms with van der Waals surface area (Å²) in [5.74, 6) is -1.15. The number of benzene rings is 1. The van der Waals surface area contributed by atoms with E-state index in [1.54, 1.807) is 0 Å². The largest absolute Gasteiger partial charge is 0.466 e. The van der Waals surface area contributed by atoms with E-state index in [0.29, 0.717) is 5.02 Å². The van der Waals surface area contributed by atoms with Gasteiger partial charge in [0.1, 0.15) is 0 Å². The van der Waals surface area contributed by atoms with Gasteiger partial charge >= 0.3 is 5.97 Å². The summed E-state index contributed by atoms with van der Waals surface area (Å²) in [6, 6.07) is 5.74. The van der Waals surface area contributed by atoms with Gasteiger partial charge in [-0.05, 0) is 24.3 Å². The SMILES string of the molecule is COC(=O)C(F)S(=O)c1ccc(Cl)cc1. The van der Waals surface area contributed by atoms with Crippen LogP contribution in [0.2, 0.25) is 5.02 Å². The number of esters is 1. The van der Waals surface area contributed by atoms with Gasteiger partial charge in [-0.25, -0.2) is 9.18 Å². The monoisotopic (exact) mass is 250 g/mol. The zero-order valence-electron chi connectivity index (χ0n) is 7.78. The van der Waals surface area contributed by atoms with E-state index in [2.05, 4.69) is 4.74 Å². The molecule has 1 aromatic rings. The topological polar surface area (TPSA) is 43.4 Å². The zero-order chi connectivity index (χ0) is 11.4. The van der Waals surface area contributed by atoms with Crippen molar-refractivity contribution in [3.05, 3.63) is 29.3 Å². The van der Waals surface area contributed by atoms with E-state index < -0.39 is 22.3 Å². The van der Waals surface area contributed by atoms with Gasteiger partial charge < -0.3 is 4.74 Å². The standard InChI is InChI=1S/C9H8ClFO3S/c1-14-9(12)8(11)15(13)7-4-2-6(10)3-5-7/h2-5,8H,1H3. The quantitative estimate of drug-likeness (QED) is 0.770. The number of halogens is 2. The summed E-state index contributed by atoms with van der Waals surface area (Å²) in [5.41, 5.74) is -2.17. The molecule has 0 amide bonds. The van der Waals surface area contributed by atoms with Gasteiger partial charge in [0.05, 0.1) is 17.9 Å². The molecule has 0 aliphatic heterocycles. The van der Waals surface area contributed by atoms with Crippen molar-refractivity contribution in [2.24, 2.45) is 0 Å². The smallest absolute Gasteiger partial charge is 0.354 e. The van der Waals surface area contributed by atoms with Crippen molar-refractivity contribution in [2.45, 2.75) is 10.4 Å². The Hall–Kier alpha value is -0.940. The molecule has 0 saturated heterocycles. The second-order valence-electron chi connectivity index (χ2n) is 2.59. The van der Waals surface area contributed by atoms with Crippen LogP contribution in [-0.2, 0) is 20.3 Å². The third-order valence-corrected chi connectivity index (χ3v) is 3.18. The molecule has 2 atom stereocenters. The number of ether oxygens (including phenoxy) is 1. The highest BCUT2D eigenvalue weighted by Crippen LogP contribution is 2.16. The highest BCUT2D eigenvalue weighted by Gasteiger charge is 2.26. The fraction of sp³-hybridized carbons (Fsp3) is 0.222. The number of carbonyl (C=O) groups is 1. The first-order chi connectivity index (χ1) is 7.06.